The lowest BCUT2D eigenvalue weighted by Crippen LogP contribution is -2.39. The largest absolute Gasteiger partial charge is 0.491 e. The quantitative estimate of drug-likeness (QED) is 0.453. The van der Waals surface area contributed by atoms with Gasteiger partial charge in [-0.1, -0.05) is 78.9 Å². The first-order valence-electron chi connectivity index (χ1n) is 11.3. The van der Waals surface area contributed by atoms with Gasteiger partial charge in [-0.2, -0.15) is 4.94 Å². The van der Waals surface area contributed by atoms with Gasteiger partial charge in [0.25, 0.3) is 0 Å². The standard InChI is InChI=1S/C28H21N3O3/c32-27-28(20-13-7-8-14-21(20)29-27)17-33-23-16-15-22-26(24(23)28)31(34-30-22)25(18-9-3-1-4-10-18)19-11-5-2-6-12-19/h1-16,25,30H,17H2,(H,29,32). The number of benzene rings is 4. The van der Waals surface area contributed by atoms with Crippen molar-refractivity contribution in [3.05, 3.63) is 119 Å². The van der Waals surface area contributed by atoms with Crippen LogP contribution in [0, 0.1) is 0 Å². The van der Waals surface area contributed by atoms with Crippen molar-refractivity contribution in [1.82, 2.24) is 0 Å². The van der Waals surface area contributed by atoms with Gasteiger partial charge in [0.1, 0.15) is 29.5 Å². The van der Waals surface area contributed by atoms with Crippen molar-refractivity contribution in [3.8, 4) is 5.75 Å². The number of carbonyl (C=O) groups excluding carboxylic acids is 1. The predicted octanol–water partition coefficient (Wildman–Crippen LogP) is 5.19. The van der Waals surface area contributed by atoms with Gasteiger partial charge in [0.15, 0.2) is 0 Å². The molecule has 2 N–H and O–H groups in total. The van der Waals surface area contributed by atoms with Crippen molar-refractivity contribution in [2.24, 2.45) is 0 Å². The summed E-state index contributed by atoms with van der Waals surface area (Å²) in [5, 5.41) is 4.95. The number of carbonyl (C=O) groups is 1. The summed E-state index contributed by atoms with van der Waals surface area (Å²) in [5.74, 6) is 0.617. The van der Waals surface area contributed by atoms with E-state index in [4.69, 9.17) is 9.68 Å². The van der Waals surface area contributed by atoms with Gasteiger partial charge in [-0.3, -0.25) is 4.79 Å². The summed E-state index contributed by atoms with van der Waals surface area (Å²) in [6, 6.07) is 31.9. The molecular weight excluding hydrogens is 426 g/mol. The van der Waals surface area contributed by atoms with Crippen molar-refractivity contribution in [2.75, 3.05) is 22.5 Å². The highest BCUT2D eigenvalue weighted by Crippen LogP contribution is 2.57. The molecule has 3 aliphatic rings. The first-order chi connectivity index (χ1) is 16.8. The average Bonchev–Trinajstić information content (AvgIpc) is 3.56. The van der Waals surface area contributed by atoms with Crippen LogP contribution in [0.3, 0.4) is 0 Å². The van der Waals surface area contributed by atoms with E-state index in [-0.39, 0.29) is 18.6 Å². The van der Waals surface area contributed by atoms with Crippen LogP contribution in [-0.2, 0) is 15.1 Å². The minimum atomic E-state index is -0.942. The minimum absolute atomic E-state index is 0.0799. The fourth-order valence-electron chi connectivity index (χ4n) is 5.44. The van der Waals surface area contributed by atoms with Gasteiger partial charge in [0.05, 0.1) is 5.69 Å². The highest BCUT2D eigenvalue weighted by atomic mass is 16.8. The van der Waals surface area contributed by atoms with Crippen LogP contribution in [0.15, 0.2) is 97.1 Å². The zero-order valence-corrected chi connectivity index (χ0v) is 18.2. The van der Waals surface area contributed by atoms with Crippen LogP contribution < -0.4 is 20.6 Å². The summed E-state index contributed by atoms with van der Waals surface area (Å²) in [5.41, 5.74) is 8.49. The molecule has 0 aromatic heterocycles. The number of nitrogens with one attached hydrogen (secondary N) is 2. The van der Waals surface area contributed by atoms with Crippen LogP contribution in [0.5, 0.6) is 5.75 Å². The molecule has 1 spiro atoms. The molecule has 34 heavy (non-hydrogen) atoms. The summed E-state index contributed by atoms with van der Waals surface area (Å²) in [6.07, 6.45) is 0. The topological polar surface area (TPSA) is 62.8 Å². The van der Waals surface area contributed by atoms with E-state index < -0.39 is 5.41 Å². The Bertz CT molecular complexity index is 1380. The number of rotatable bonds is 3. The number of nitrogens with zero attached hydrogens (tertiary/aromatic N) is 1. The number of hydrogen-bond donors (Lipinski definition) is 2. The molecule has 4 aromatic rings. The Kier molecular flexibility index (Phi) is 4.01. The van der Waals surface area contributed by atoms with Crippen molar-refractivity contribution >= 4 is 23.0 Å². The van der Waals surface area contributed by atoms with E-state index in [0.29, 0.717) is 5.75 Å². The van der Waals surface area contributed by atoms with E-state index in [1.165, 1.54) is 0 Å². The molecule has 1 unspecified atom stereocenters. The van der Waals surface area contributed by atoms with E-state index in [1.54, 1.807) is 0 Å². The number of hydrogen-bond acceptors (Lipinski definition) is 5. The smallest absolute Gasteiger partial charge is 0.243 e. The molecule has 6 heteroatoms. The maximum Gasteiger partial charge on any atom is 0.243 e. The highest BCUT2D eigenvalue weighted by molar-refractivity contribution is 6.11. The van der Waals surface area contributed by atoms with Gasteiger partial charge in [-0.05, 0) is 34.9 Å². The molecule has 3 heterocycles. The van der Waals surface area contributed by atoms with Crippen molar-refractivity contribution in [3.63, 3.8) is 0 Å². The normalized spacial score (nSPS) is 19.4. The molecule has 0 radical (unpaired) electrons. The van der Waals surface area contributed by atoms with E-state index in [9.17, 15) is 4.79 Å². The lowest BCUT2D eigenvalue weighted by molar-refractivity contribution is -0.119. The minimum Gasteiger partial charge on any atom is -0.491 e. The molecule has 166 valence electrons. The molecule has 0 fully saturated rings. The predicted molar refractivity (Wildman–Crippen MR) is 130 cm³/mol. The number of anilines is 3. The van der Waals surface area contributed by atoms with Gasteiger partial charge in [0.2, 0.25) is 5.91 Å². The molecule has 0 saturated carbocycles. The van der Waals surface area contributed by atoms with Crippen LogP contribution in [0.2, 0.25) is 0 Å². The third kappa shape index (κ3) is 2.51. The Hall–Kier alpha value is -4.29. The second-order valence-corrected chi connectivity index (χ2v) is 8.77. The average molecular weight is 447 g/mol. The second-order valence-electron chi connectivity index (χ2n) is 8.77. The van der Waals surface area contributed by atoms with Crippen LogP contribution in [0.25, 0.3) is 0 Å². The number of ether oxygens (including phenoxy) is 1. The molecular formula is C28H21N3O3. The number of fused-ring (bicyclic) bond motifs is 6. The number of para-hydroxylation sites is 1. The Morgan fingerprint density at radius 1 is 0.794 bits per heavy atom. The fourth-order valence-corrected chi connectivity index (χ4v) is 5.44. The molecule has 3 aliphatic heterocycles. The second kappa shape index (κ2) is 7.10. The zero-order chi connectivity index (χ0) is 22.7. The molecule has 0 aliphatic carbocycles. The lowest BCUT2D eigenvalue weighted by atomic mass is 9.76. The first kappa shape index (κ1) is 19.2. The van der Waals surface area contributed by atoms with E-state index >= 15 is 0 Å². The van der Waals surface area contributed by atoms with E-state index in [0.717, 1.165) is 39.3 Å². The van der Waals surface area contributed by atoms with Gasteiger partial charge in [0, 0.05) is 11.3 Å². The Morgan fingerprint density at radius 3 is 2.21 bits per heavy atom. The van der Waals surface area contributed by atoms with Crippen LogP contribution in [0.4, 0.5) is 17.1 Å². The van der Waals surface area contributed by atoms with Crippen LogP contribution >= 0.6 is 0 Å². The van der Waals surface area contributed by atoms with Crippen molar-refractivity contribution in [2.45, 2.75) is 11.5 Å². The third-order valence-electron chi connectivity index (χ3n) is 6.97. The summed E-state index contributed by atoms with van der Waals surface area (Å²) in [6.45, 7) is 0.247. The fraction of sp³-hybridized carbons (Fsp3) is 0.107. The maximum absolute atomic E-state index is 13.6. The Morgan fingerprint density at radius 2 is 1.47 bits per heavy atom. The van der Waals surface area contributed by atoms with Gasteiger partial charge in [-0.15, -0.1) is 0 Å². The van der Waals surface area contributed by atoms with Gasteiger partial charge in [-0.25, -0.2) is 10.5 Å². The summed E-state index contributed by atoms with van der Waals surface area (Å²) >= 11 is 0. The van der Waals surface area contributed by atoms with Gasteiger partial charge < -0.3 is 10.1 Å². The summed E-state index contributed by atoms with van der Waals surface area (Å²) < 4.78 is 6.16. The molecule has 1 amide bonds. The maximum atomic E-state index is 13.6. The number of amides is 1. The molecule has 7 rings (SSSR count). The lowest BCUT2D eigenvalue weighted by Gasteiger charge is -2.31. The molecule has 4 aromatic carbocycles. The monoisotopic (exact) mass is 447 g/mol. The highest BCUT2D eigenvalue weighted by Gasteiger charge is 2.57. The third-order valence-corrected chi connectivity index (χ3v) is 6.97. The zero-order valence-electron chi connectivity index (χ0n) is 18.2. The number of hydroxylamine groups is 1. The first-order valence-corrected chi connectivity index (χ1v) is 11.3. The Labute approximate surface area is 196 Å². The molecule has 0 saturated heterocycles. The van der Waals surface area contributed by atoms with E-state index in [1.807, 2.05) is 77.9 Å². The SMILES string of the molecule is O=C1Nc2ccccc2C12COc1ccc3c(c12)N(C(c1ccccc1)c1ccccc1)ON3. The van der Waals surface area contributed by atoms with Crippen LogP contribution in [0.1, 0.15) is 28.3 Å². The van der Waals surface area contributed by atoms with Crippen molar-refractivity contribution in [1.29, 1.82) is 0 Å². The molecule has 6 nitrogen and oxygen atoms in total. The van der Waals surface area contributed by atoms with Crippen LogP contribution in [-0.4, -0.2) is 12.5 Å². The van der Waals surface area contributed by atoms with Gasteiger partial charge >= 0.3 is 0 Å². The van der Waals surface area contributed by atoms with Crippen molar-refractivity contribution < 1.29 is 14.5 Å². The van der Waals surface area contributed by atoms with E-state index in [2.05, 4.69) is 35.1 Å². The molecule has 0 bridgehead atoms. The molecule has 1 atom stereocenters. The Balaban J connectivity index is 1.47. The summed E-state index contributed by atoms with van der Waals surface area (Å²) in [4.78, 5) is 19.7. The summed E-state index contributed by atoms with van der Waals surface area (Å²) in [7, 11) is 0.